The third-order valence-corrected chi connectivity index (χ3v) is 3.05. The Balaban J connectivity index is 2.10. The largest absolute Gasteiger partial charge is 0.367 e. The number of hydrogen-bond donors (Lipinski definition) is 1. The summed E-state index contributed by atoms with van der Waals surface area (Å²) in [5, 5.41) is 0. The molecule has 0 saturated carbocycles. The highest BCUT2D eigenvalue weighted by atomic mass is 15.3. The summed E-state index contributed by atoms with van der Waals surface area (Å²) in [4.78, 5) is 6.40. The van der Waals surface area contributed by atoms with E-state index in [0.29, 0.717) is 0 Å². The minimum Gasteiger partial charge on any atom is -0.367 e. The molecule has 3 heteroatoms. The molecule has 76 valence electrons. The van der Waals surface area contributed by atoms with E-state index in [1.165, 1.54) is 11.3 Å². The van der Waals surface area contributed by atoms with Gasteiger partial charge in [-0.3, -0.25) is 4.98 Å². The van der Waals surface area contributed by atoms with Crippen molar-refractivity contribution >= 4 is 5.69 Å². The third kappa shape index (κ3) is 1.48. The highest BCUT2D eigenvalue weighted by Crippen LogP contribution is 2.29. The molecule has 14 heavy (non-hydrogen) atoms. The van der Waals surface area contributed by atoms with Crippen LogP contribution in [0.2, 0.25) is 0 Å². The average Bonchev–Trinajstić information content (AvgIpc) is 2.14. The van der Waals surface area contributed by atoms with Crippen LogP contribution in [0, 0.1) is 6.92 Å². The second kappa shape index (κ2) is 3.24. The van der Waals surface area contributed by atoms with Crippen LogP contribution in [0.15, 0.2) is 18.5 Å². The molecule has 0 amide bonds. The lowest BCUT2D eigenvalue weighted by atomic mass is 9.87. The SMILES string of the molecule is CCC1(N)CN(c2ccncc2C)C1. The van der Waals surface area contributed by atoms with Crippen molar-refractivity contribution in [2.45, 2.75) is 25.8 Å². The smallest absolute Gasteiger partial charge is 0.0507 e. The zero-order valence-electron chi connectivity index (χ0n) is 8.83. The van der Waals surface area contributed by atoms with Crippen LogP contribution < -0.4 is 10.6 Å². The monoisotopic (exact) mass is 191 g/mol. The lowest BCUT2D eigenvalue weighted by Crippen LogP contribution is -2.67. The molecule has 2 rings (SSSR count). The van der Waals surface area contributed by atoms with E-state index in [0.717, 1.165) is 19.5 Å². The maximum absolute atomic E-state index is 6.12. The van der Waals surface area contributed by atoms with Gasteiger partial charge in [-0.1, -0.05) is 6.92 Å². The van der Waals surface area contributed by atoms with Gasteiger partial charge in [0.25, 0.3) is 0 Å². The Hall–Kier alpha value is -1.09. The first-order valence-electron chi connectivity index (χ1n) is 5.09. The molecule has 0 atom stereocenters. The van der Waals surface area contributed by atoms with Gasteiger partial charge in [-0.15, -0.1) is 0 Å². The van der Waals surface area contributed by atoms with Crippen LogP contribution in [0.4, 0.5) is 5.69 Å². The van der Waals surface area contributed by atoms with E-state index in [4.69, 9.17) is 5.73 Å². The van der Waals surface area contributed by atoms with Crippen LogP contribution in [0.5, 0.6) is 0 Å². The van der Waals surface area contributed by atoms with Crippen molar-refractivity contribution < 1.29 is 0 Å². The van der Waals surface area contributed by atoms with Gasteiger partial charge in [0.15, 0.2) is 0 Å². The van der Waals surface area contributed by atoms with E-state index in [1.54, 1.807) is 0 Å². The molecule has 1 aliphatic rings. The molecule has 3 nitrogen and oxygen atoms in total. The van der Waals surface area contributed by atoms with Crippen LogP contribution >= 0.6 is 0 Å². The van der Waals surface area contributed by atoms with Crippen molar-refractivity contribution in [2.75, 3.05) is 18.0 Å². The summed E-state index contributed by atoms with van der Waals surface area (Å²) in [6, 6.07) is 2.06. The first kappa shape index (κ1) is 9.46. The van der Waals surface area contributed by atoms with Crippen molar-refractivity contribution in [2.24, 2.45) is 5.73 Å². The molecule has 1 saturated heterocycles. The summed E-state index contributed by atoms with van der Waals surface area (Å²) in [7, 11) is 0. The van der Waals surface area contributed by atoms with E-state index >= 15 is 0 Å². The van der Waals surface area contributed by atoms with E-state index in [2.05, 4.69) is 29.8 Å². The Labute approximate surface area is 84.9 Å². The molecule has 0 spiro atoms. The predicted molar refractivity (Wildman–Crippen MR) is 58.4 cm³/mol. The fraction of sp³-hybridized carbons (Fsp3) is 0.545. The van der Waals surface area contributed by atoms with Crippen LogP contribution in [0.3, 0.4) is 0 Å². The lowest BCUT2D eigenvalue weighted by molar-refractivity contribution is 0.322. The van der Waals surface area contributed by atoms with Crippen molar-refractivity contribution in [1.29, 1.82) is 0 Å². The zero-order valence-corrected chi connectivity index (χ0v) is 8.83. The molecule has 0 radical (unpaired) electrons. The van der Waals surface area contributed by atoms with Gasteiger partial charge < -0.3 is 10.6 Å². The van der Waals surface area contributed by atoms with Gasteiger partial charge in [0, 0.05) is 31.2 Å². The highest BCUT2D eigenvalue weighted by Gasteiger charge is 2.38. The Morgan fingerprint density at radius 3 is 2.86 bits per heavy atom. The summed E-state index contributed by atoms with van der Waals surface area (Å²) in [6.07, 6.45) is 4.79. The normalized spacial score (nSPS) is 19.2. The summed E-state index contributed by atoms with van der Waals surface area (Å²) in [5.74, 6) is 0. The van der Waals surface area contributed by atoms with E-state index in [-0.39, 0.29) is 5.54 Å². The van der Waals surface area contributed by atoms with Crippen LogP contribution in [-0.4, -0.2) is 23.6 Å². The van der Waals surface area contributed by atoms with E-state index in [1.807, 2.05) is 12.4 Å². The van der Waals surface area contributed by atoms with Crippen LogP contribution in [0.1, 0.15) is 18.9 Å². The average molecular weight is 191 g/mol. The first-order chi connectivity index (χ1) is 6.64. The van der Waals surface area contributed by atoms with Gasteiger partial charge in [-0.2, -0.15) is 0 Å². The Morgan fingerprint density at radius 1 is 1.57 bits per heavy atom. The maximum Gasteiger partial charge on any atom is 0.0507 e. The highest BCUT2D eigenvalue weighted by molar-refractivity contribution is 5.55. The quantitative estimate of drug-likeness (QED) is 0.766. The van der Waals surface area contributed by atoms with Crippen LogP contribution in [-0.2, 0) is 0 Å². The minimum absolute atomic E-state index is 0.0374. The number of anilines is 1. The molecule has 0 unspecified atom stereocenters. The predicted octanol–water partition coefficient (Wildman–Crippen LogP) is 1.32. The summed E-state index contributed by atoms with van der Waals surface area (Å²) < 4.78 is 0. The van der Waals surface area contributed by atoms with Gasteiger partial charge in [0.2, 0.25) is 0 Å². The number of aromatic nitrogens is 1. The molecule has 0 aliphatic carbocycles. The molecule has 1 fully saturated rings. The molecule has 0 aromatic carbocycles. The fourth-order valence-corrected chi connectivity index (χ4v) is 1.93. The summed E-state index contributed by atoms with van der Waals surface area (Å²) in [6.45, 7) is 6.17. The molecular weight excluding hydrogens is 174 g/mol. The third-order valence-electron chi connectivity index (χ3n) is 3.05. The lowest BCUT2D eigenvalue weighted by Gasteiger charge is -2.49. The molecule has 0 bridgehead atoms. The Morgan fingerprint density at radius 2 is 2.29 bits per heavy atom. The second-order valence-corrected chi connectivity index (χ2v) is 4.23. The second-order valence-electron chi connectivity index (χ2n) is 4.23. The number of aryl methyl sites for hydroxylation is 1. The van der Waals surface area contributed by atoms with Crippen molar-refractivity contribution in [1.82, 2.24) is 4.98 Å². The fourth-order valence-electron chi connectivity index (χ4n) is 1.93. The molecule has 2 heterocycles. The topological polar surface area (TPSA) is 42.1 Å². The van der Waals surface area contributed by atoms with E-state index < -0.39 is 0 Å². The Bertz CT molecular complexity index is 329. The maximum atomic E-state index is 6.12. The van der Waals surface area contributed by atoms with Gasteiger partial charge in [0.1, 0.15) is 0 Å². The van der Waals surface area contributed by atoms with Gasteiger partial charge in [-0.25, -0.2) is 0 Å². The molecule has 1 aromatic heterocycles. The van der Waals surface area contributed by atoms with Gasteiger partial charge in [0.05, 0.1) is 5.54 Å². The van der Waals surface area contributed by atoms with Gasteiger partial charge >= 0.3 is 0 Å². The molecule has 1 aromatic rings. The van der Waals surface area contributed by atoms with Crippen LogP contribution in [0.25, 0.3) is 0 Å². The number of pyridine rings is 1. The van der Waals surface area contributed by atoms with Crippen molar-refractivity contribution in [3.8, 4) is 0 Å². The van der Waals surface area contributed by atoms with Crippen molar-refractivity contribution in [3.05, 3.63) is 24.0 Å². The molecule has 2 N–H and O–H groups in total. The minimum atomic E-state index is 0.0374. The number of nitrogens with zero attached hydrogens (tertiary/aromatic N) is 2. The molecule has 1 aliphatic heterocycles. The standard InChI is InChI=1S/C11H17N3/c1-3-11(12)7-14(8-11)10-4-5-13-6-9(10)2/h4-6H,3,7-8,12H2,1-2H3. The van der Waals surface area contributed by atoms with Crippen molar-refractivity contribution in [3.63, 3.8) is 0 Å². The number of nitrogens with two attached hydrogens (primary N) is 1. The number of rotatable bonds is 2. The Kier molecular flexibility index (Phi) is 2.19. The zero-order chi connectivity index (χ0) is 10.2. The summed E-state index contributed by atoms with van der Waals surface area (Å²) in [5.41, 5.74) is 8.66. The molecular formula is C11H17N3. The summed E-state index contributed by atoms with van der Waals surface area (Å²) >= 11 is 0. The van der Waals surface area contributed by atoms with E-state index in [9.17, 15) is 0 Å². The first-order valence-corrected chi connectivity index (χ1v) is 5.09. The number of hydrogen-bond acceptors (Lipinski definition) is 3. The van der Waals surface area contributed by atoms with Gasteiger partial charge in [-0.05, 0) is 25.0 Å².